The number of rotatable bonds is 9. The van der Waals surface area contributed by atoms with Gasteiger partial charge in [0.25, 0.3) is 0 Å². The van der Waals surface area contributed by atoms with Crippen molar-refractivity contribution in [2.75, 3.05) is 44.2 Å². The van der Waals surface area contributed by atoms with Gasteiger partial charge in [-0.2, -0.15) is 4.31 Å². The van der Waals surface area contributed by atoms with Crippen molar-refractivity contribution in [1.82, 2.24) is 14.2 Å². The van der Waals surface area contributed by atoms with Crippen LogP contribution >= 0.6 is 34.5 Å². The number of hydrogen-bond acceptors (Lipinski definition) is 6. The Hall–Kier alpha value is -1.75. The molecule has 7 nitrogen and oxygen atoms in total. The standard InChI is InChI=1S/C26H32Cl2N4O3S2/c1-4-30(5-2)16-17-32(26-29-24-18(3)22(28)10-11-23(24)36-26)25(33)19-12-14-31(15-13-19)37(34,35)21-8-6-20(27)7-9-21/h6-11,19H,4-5,12-17H2,1-3H3. The van der Waals surface area contributed by atoms with Crippen molar-refractivity contribution in [2.24, 2.45) is 5.92 Å². The molecule has 0 radical (unpaired) electrons. The second-order valence-corrected chi connectivity index (χ2v) is 13.0. The van der Waals surface area contributed by atoms with E-state index >= 15 is 0 Å². The summed E-state index contributed by atoms with van der Waals surface area (Å²) < 4.78 is 28.6. The van der Waals surface area contributed by atoms with Crippen molar-refractivity contribution in [2.45, 2.75) is 38.5 Å². The number of carbonyl (C=O) groups is 1. The molecule has 0 saturated carbocycles. The molecule has 1 fully saturated rings. The number of piperidine rings is 1. The molecule has 4 rings (SSSR count). The maximum absolute atomic E-state index is 13.8. The third-order valence-electron chi connectivity index (χ3n) is 7.02. The van der Waals surface area contributed by atoms with Gasteiger partial charge < -0.3 is 4.90 Å². The van der Waals surface area contributed by atoms with Crippen molar-refractivity contribution in [3.8, 4) is 0 Å². The Morgan fingerprint density at radius 2 is 1.70 bits per heavy atom. The Morgan fingerprint density at radius 3 is 2.32 bits per heavy atom. The van der Waals surface area contributed by atoms with E-state index in [1.165, 1.54) is 27.8 Å². The van der Waals surface area contributed by atoms with Gasteiger partial charge in [0.2, 0.25) is 15.9 Å². The Balaban J connectivity index is 1.54. The molecule has 200 valence electrons. The fourth-order valence-corrected chi connectivity index (χ4v) is 7.41. The van der Waals surface area contributed by atoms with Gasteiger partial charge in [0.1, 0.15) is 0 Å². The van der Waals surface area contributed by atoms with E-state index in [9.17, 15) is 13.2 Å². The summed E-state index contributed by atoms with van der Waals surface area (Å²) in [6.07, 6.45) is 0.923. The van der Waals surface area contributed by atoms with Gasteiger partial charge in [-0.05, 0) is 74.8 Å². The Labute approximate surface area is 233 Å². The summed E-state index contributed by atoms with van der Waals surface area (Å²) in [7, 11) is -3.63. The minimum Gasteiger partial charge on any atom is -0.302 e. The van der Waals surface area contributed by atoms with Gasteiger partial charge in [0, 0.05) is 42.1 Å². The number of carbonyl (C=O) groups excluding carboxylic acids is 1. The van der Waals surface area contributed by atoms with Gasteiger partial charge in [-0.25, -0.2) is 13.4 Å². The molecule has 0 atom stereocenters. The summed E-state index contributed by atoms with van der Waals surface area (Å²) in [5, 5.41) is 1.80. The van der Waals surface area contributed by atoms with E-state index in [4.69, 9.17) is 28.2 Å². The first kappa shape index (κ1) is 28.3. The number of amides is 1. The molecule has 37 heavy (non-hydrogen) atoms. The number of halogens is 2. The molecule has 0 spiro atoms. The van der Waals surface area contributed by atoms with Crippen molar-refractivity contribution >= 4 is 65.8 Å². The highest BCUT2D eigenvalue weighted by atomic mass is 35.5. The number of anilines is 1. The highest BCUT2D eigenvalue weighted by Crippen LogP contribution is 2.35. The topological polar surface area (TPSA) is 73.8 Å². The molecule has 0 unspecified atom stereocenters. The lowest BCUT2D eigenvalue weighted by atomic mass is 9.96. The normalized spacial score (nSPS) is 15.5. The van der Waals surface area contributed by atoms with Crippen molar-refractivity contribution < 1.29 is 13.2 Å². The predicted octanol–water partition coefficient (Wildman–Crippen LogP) is 5.69. The molecule has 0 N–H and O–H groups in total. The van der Waals surface area contributed by atoms with Crippen LogP contribution in [0.15, 0.2) is 41.3 Å². The molecule has 2 heterocycles. The second-order valence-electron chi connectivity index (χ2n) is 9.16. The number of aryl methyl sites for hydroxylation is 1. The number of hydrogen-bond donors (Lipinski definition) is 0. The molecule has 1 aliphatic heterocycles. The zero-order valence-corrected chi connectivity index (χ0v) is 24.4. The molecule has 1 saturated heterocycles. The first-order valence-electron chi connectivity index (χ1n) is 12.5. The van der Waals surface area contributed by atoms with E-state index in [1.807, 2.05) is 19.1 Å². The van der Waals surface area contributed by atoms with E-state index in [0.29, 0.717) is 47.7 Å². The highest BCUT2D eigenvalue weighted by molar-refractivity contribution is 7.89. The van der Waals surface area contributed by atoms with Crippen LogP contribution in [-0.4, -0.2) is 67.8 Å². The highest BCUT2D eigenvalue weighted by Gasteiger charge is 2.35. The van der Waals surface area contributed by atoms with Gasteiger partial charge in [-0.15, -0.1) is 0 Å². The van der Waals surface area contributed by atoms with Gasteiger partial charge in [0.05, 0.1) is 15.1 Å². The first-order valence-corrected chi connectivity index (χ1v) is 15.5. The minimum absolute atomic E-state index is 0.00139. The first-order chi connectivity index (χ1) is 17.6. The molecule has 2 aromatic carbocycles. The summed E-state index contributed by atoms with van der Waals surface area (Å²) in [4.78, 5) is 23.0. The van der Waals surface area contributed by atoms with Crippen LogP contribution in [0.4, 0.5) is 5.13 Å². The van der Waals surface area contributed by atoms with Crippen LogP contribution < -0.4 is 4.90 Å². The van der Waals surface area contributed by atoms with Crippen molar-refractivity contribution in [1.29, 1.82) is 0 Å². The fourth-order valence-electron chi connectivity index (χ4n) is 4.60. The van der Waals surface area contributed by atoms with Crippen LogP contribution in [0.2, 0.25) is 10.0 Å². The van der Waals surface area contributed by atoms with E-state index in [-0.39, 0.29) is 16.7 Å². The van der Waals surface area contributed by atoms with Crippen molar-refractivity contribution in [3.05, 3.63) is 52.0 Å². The predicted molar refractivity (Wildman–Crippen MR) is 152 cm³/mol. The number of fused-ring (bicyclic) bond motifs is 1. The van der Waals surface area contributed by atoms with Crippen LogP contribution in [0.1, 0.15) is 32.3 Å². The van der Waals surface area contributed by atoms with Gasteiger partial charge in [0.15, 0.2) is 5.13 Å². The van der Waals surface area contributed by atoms with Crippen LogP contribution in [0.3, 0.4) is 0 Å². The molecule has 0 aliphatic carbocycles. The van der Waals surface area contributed by atoms with E-state index in [0.717, 1.165) is 35.4 Å². The van der Waals surface area contributed by atoms with E-state index in [2.05, 4.69) is 18.7 Å². The lowest BCUT2D eigenvalue weighted by molar-refractivity contribution is -0.123. The number of likely N-dealkylation sites (N-methyl/N-ethyl adjacent to an activating group) is 1. The minimum atomic E-state index is -3.63. The maximum Gasteiger partial charge on any atom is 0.243 e. The summed E-state index contributed by atoms with van der Waals surface area (Å²) in [6.45, 7) is 9.79. The SMILES string of the molecule is CCN(CC)CCN(C(=O)C1CCN(S(=O)(=O)c2ccc(Cl)cc2)CC1)c1nc2c(C)c(Cl)ccc2s1. The zero-order valence-electron chi connectivity index (χ0n) is 21.3. The van der Waals surface area contributed by atoms with Crippen LogP contribution in [0.25, 0.3) is 10.2 Å². The monoisotopic (exact) mass is 582 g/mol. The maximum atomic E-state index is 13.8. The molecule has 1 amide bonds. The third kappa shape index (κ3) is 6.13. The van der Waals surface area contributed by atoms with Crippen molar-refractivity contribution in [3.63, 3.8) is 0 Å². The number of thiazole rings is 1. The number of aromatic nitrogens is 1. The molecular formula is C26H32Cl2N4O3S2. The Morgan fingerprint density at radius 1 is 1.05 bits per heavy atom. The van der Waals surface area contributed by atoms with Gasteiger partial charge >= 0.3 is 0 Å². The average Bonchev–Trinajstić information content (AvgIpc) is 3.33. The molecule has 1 aromatic heterocycles. The smallest absolute Gasteiger partial charge is 0.243 e. The largest absolute Gasteiger partial charge is 0.302 e. The number of benzene rings is 2. The van der Waals surface area contributed by atoms with E-state index in [1.54, 1.807) is 17.0 Å². The summed E-state index contributed by atoms with van der Waals surface area (Å²) in [5.74, 6) is -0.274. The number of nitrogens with zero attached hydrogens (tertiary/aromatic N) is 4. The molecular weight excluding hydrogens is 551 g/mol. The average molecular weight is 584 g/mol. The second kappa shape index (κ2) is 12.0. The summed E-state index contributed by atoms with van der Waals surface area (Å²) in [5.41, 5.74) is 1.72. The van der Waals surface area contributed by atoms with Gasteiger partial charge in [-0.3, -0.25) is 9.69 Å². The molecule has 11 heteroatoms. The third-order valence-corrected chi connectivity index (χ3v) is 10.6. The number of sulfonamides is 1. The summed E-state index contributed by atoms with van der Waals surface area (Å²) >= 11 is 13.7. The zero-order chi connectivity index (χ0) is 26.7. The lowest BCUT2D eigenvalue weighted by Gasteiger charge is -2.33. The molecule has 3 aromatic rings. The molecule has 0 bridgehead atoms. The Kier molecular flexibility index (Phi) is 9.14. The molecule has 1 aliphatic rings. The van der Waals surface area contributed by atoms with Gasteiger partial charge in [-0.1, -0.05) is 48.4 Å². The quantitative estimate of drug-likeness (QED) is 0.324. The fraction of sp³-hybridized carbons (Fsp3) is 0.462. The van der Waals surface area contributed by atoms with Crippen LogP contribution in [0.5, 0.6) is 0 Å². The van der Waals surface area contributed by atoms with Crippen LogP contribution in [0, 0.1) is 12.8 Å². The lowest BCUT2D eigenvalue weighted by Crippen LogP contribution is -2.46. The Bertz CT molecular complexity index is 1350. The summed E-state index contributed by atoms with van der Waals surface area (Å²) in [6, 6.07) is 9.99. The van der Waals surface area contributed by atoms with E-state index < -0.39 is 10.0 Å². The van der Waals surface area contributed by atoms with Crippen LogP contribution in [-0.2, 0) is 14.8 Å².